The van der Waals surface area contributed by atoms with Crippen LogP contribution in [0.3, 0.4) is 0 Å². The van der Waals surface area contributed by atoms with E-state index in [9.17, 15) is 26.7 Å². The van der Waals surface area contributed by atoms with Crippen molar-refractivity contribution in [2.45, 2.75) is 44.2 Å². The average molecular weight is 513 g/mol. The molecule has 3 aliphatic rings. The largest absolute Gasteiger partial charge is 0.416 e. The summed E-state index contributed by atoms with van der Waals surface area (Å²) in [7, 11) is 0. The van der Waals surface area contributed by atoms with Gasteiger partial charge in [-0.3, -0.25) is 9.79 Å². The zero-order chi connectivity index (χ0) is 25.9. The van der Waals surface area contributed by atoms with Crippen LogP contribution in [0.1, 0.15) is 37.7 Å². The minimum absolute atomic E-state index is 0.0423. The zero-order valence-electron chi connectivity index (χ0n) is 19.8. The number of pyridine rings is 1. The summed E-state index contributed by atoms with van der Waals surface area (Å²) in [5.41, 5.74) is -0.886. The Morgan fingerprint density at radius 3 is 2.50 bits per heavy atom. The lowest BCUT2D eigenvalue weighted by Crippen LogP contribution is -2.40. The van der Waals surface area contributed by atoms with Crippen molar-refractivity contribution in [2.24, 2.45) is 21.8 Å². The summed E-state index contributed by atoms with van der Waals surface area (Å²) < 4.78 is 67.0. The van der Waals surface area contributed by atoms with E-state index in [4.69, 9.17) is 0 Å². The molecule has 1 aromatic heterocycles. The predicted octanol–water partition coefficient (Wildman–Crippen LogP) is 4.44. The molecule has 0 radical (unpaired) electrons. The van der Waals surface area contributed by atoms with Gasteiger partial charge in [0.05, 0.1) is 12.1 Å². The smallest absolute Gasteiger partial charge is 0.342 e. The first-order valence-electron chi connectivity index (χ1n) is 12.0. The summed E-state index contributed by atoms with van der Waals surface area (Å²) in [6.45, 7) is 4.78. The summed E-state index contributed by atoms with van der Waals surface area (Å²) in [5.74, 6) is -2.32. The molecule has 3 fully saturated rings. The van der Waals surface area contributed by atoms with E-state index in [1.807, 2.05) is 4.90 Å². The number of nitrogens with zero attached hydrogens (tertiary/aromatic N) is 5. The topological polar surface area (TPSA) is 73.2 Å². The minimum atomic E-state index is -4.54. The SMILES string of the molecule is C=C/C(=N\C(=N/CC1CCN(C(=O)C2CC2)CC1)N1CCC(F)(F)C1)Nc1cc(C(F)(F)F)ccn1. The molecule has 4 rings (SSSR count). The Labute approximate surface area is 206 Å². The van der Waals surface area contributed by atoms with Gasteiger partial charge < -0.3 is 15.1 Å². The lowest BCUT2D eigenvalue weighted by Gasteiger charge is -2.31. The summed E-state index contributed by atoms with van der Waals surface area (Å²) in [6.07, 6.45) is 0.843. The highest BCUT2D eigenvalue weighted by atomic mass is 19.4. The van der Waals surface area contributed by atoms with E-state index in [0.717, 1.165) is 44.0 Å². The van der Waals surface area contributed by atoms with Gasteiger partial charge in [0.1, 0.15) is 11.7 Å². The average Bonchev–Trinajstić information content (AvgIpc) is 3.63. The number of hydrogen-bond acceptors (Lipinski definition) is 3. The van der Waals surface area contributed by atoms with E-state index in [2.05, 4.69) is 26.9 Å². The normalized spacial score (nSPS) is 21.6. The third-order valence-corrected chi connectivity index (χ3v) is 6.55. The van der Waals surface area contributed by atoms with Crippen LogP contribution in [0, 0.1) is 11.8 Å². The van der Waals surface area contributed by atoms with E-state index in [-0.39, 0.29) is 48.3 Å². The molecule has 3 heterocycles. The van der Waals surface area contributed by atoms with Crippen molar-refractivity contribution >= 4 is 23.5 Å². The lowest BCUT2D eigenvalue weighted by atomic mass is 9.97. The minimum Gasteiger partial charge on any atom is -0.342 e. The van der Waals surface area contributed by atoms with Crippen LogP contribution in [0.2, 0.25) is 0 Å². The number of nitrogens with one attached hydrogen (secondary N) is 1. The molecule has 2 aliphatic heterocycles. The van der Waals surface area contributed by atoms with E-state index >= 15 is 0 Å². The first kappa shape index (κ1) is 26.0. The van der Waals surface area contributed by atoms with Crippen molar-refractivity contribution in [3.63, 3.8) is 0 Å². The summed E-state index contributed by atoms with van der Waals surface area (Å²) in [5, 5.41) is 2.67. The van der Waals surface area contributed by atoms with Crippen LogP contribution in [-0.2, 0) is 11.0 Å². The molecule has 1 aliphatic carbocycles. The molecule has 1 saturated carbocycles. The van der Waals surface area contributed by atoms with Crippen LogP contribution in [0.15, 0.2) is 41.0 Å². The standard InChI is InChI=1S/C24H29F5N6O/c1-2-19(32-20-13-18(5-9-30-20)24(27,28)29)33-22(35-12-8-23(25,26)15-35)31-14-16-6-10-34(11-7-16)21(36)17-3-4-17/h2,5,9,13,16-17H,1,3-4,6-8,10-12,14-15H2,(H,30,31,32,33). The highest BCUT2D eigenvalue weighted by Crippen LogP contribution is 2.33. The van der Waals surface area contributed by atoms with Gasteiger partial charge >= 0.3 is 6.18 Å². The Kier molecular flexibility index (Phi) is 7.60. The number of carbonyl (C=O) groups is 1. The van der Waals surface area contributed by atoms with Crippen molar-refractivity contribution in [3.05, 3.63) is 36.5 Å². The molecule has 0 spiro atoms. The molecule has 12 heteroatoms. The van der Waals surface area contributed by atoms with Gasteiger partial charge in [-0.15, -0.1) is 0 Å². The van der Waals surface area contributed by atoms with Crippen LogP contribution in [0.4, 0.5) is 27.8 Å². The summed E-state index contributed by atoms with van der Waals surface area (Å²) >= 11 is 0. The summed E-state index contributed by atoms with van der Waals surface area (Å²) in [4.78, 5) is 28.3. The van der Waals surface area contributed by atoms with Gasteiger partial charge in [-0.25, -0.2) is 13.8 Å². The second-order valence-electron chi connectivity index (χ2n) is 9.46. The van der Waals surface area contributed by atoms with Crippen molar-refractivity contribution < 1.29 is 26.7 Å². The fourth-order valence-electron chi connectivity index (χ4n) is 4.29. The number of likely N-dealkylation sites (tertiary alicyclic amines) is 2. The maximum absolute atomic E-state index is 13.9. The van der Waals surface area contributed by atoms with Crippen molar-refractivity contribution in [3.8, 4) is 0 Å². The molecular weight excluding hydrogens is 483 g/mol. The Bertz CT molecular complexity index is 1030. The number of carbonyl (C=O) groups excluding carboxylic acids is 1. The van der Waals surface area contributed by atoms with Crippen LogP contribution >= 0.6 is 0 Å². The fraction of sp³-hybridized carbons (Fsp3) is 0.583. The second kappa shape index (κ2) is 10.5. The molecule has 7 nitrogen and oxygen atoms in total. The van der Waals surface area contributed by atoms with Crippen LogP contribution in [0.25, 0.3) is 0 Å². The highest BCUT2D eigenvalue weighted by molar-refractivity contribution is 6.08. The number of aromatic nitrogens is 1. The first-order chi connectivity index (χ1) is 17.0. The van der Waals surface area contributed by atoms with Crippen LogP contribution < -0.4 is 5.32 Å². The van der Waals surface area contributed by atoms with E-state index in [1.165, 1.54) is 11.0 Å². The predicted molar refractivity (Wildman–Crippen MR) is 126 cm³/mol. The zero-order valence-corrected chi connectivity index (χ0v) is 19.8. The molecular formula is C24H29F5N6O. The van der Waals surface area contributed by atoms with E-state index in [1.54, 1.807) is 0 Å². The Balaban J connectivity index is 1.47. The number of alkyl halides is 5. The number of hydrogen-bond donors (Lipinski definition) is 1. The fourth-order valence-corrected chi connectivity index (χ4v) is 4.29. The van der Waals surface area contributed by atoms with Crippen LogP contribution in [0.5, 0.6) is 0 Å². The molecule has 2 saturated heterocycles. The van der Waals surface area contributed by atoms with Crippen LogP contribution in [-0.4, -0.2) is 71.1 Å². The first-order valence-corrected chi connectivity index (χ1v) is 12.0. The van der Waals surface area contributed by atoms with Gasteiger partial charge in [-0.05, 0) is 49.8 Å². The molecule has 1 amide bonds. The van der Waals surface area contributed by atoms with Gasteiger partial charge in [-0.2, -0.15) is 18.2 Å². The molecule has 0 bridgehead atoms. The number of amides is 1. The van der Waals surface area contributed by atoms with Crippen molar-refractivity contribution in [1.82, 2.24) is 14.8 Å². The number of guanidine groups is 1. The molecule has 1 N–H and O–H groups in total. The van der Waals surface area contributed by atoms with Gasteiger partial charge in [-0.1, -0.05) is 6.58 Å². The molecule has 0 atom stereocenters. The molecule has 0 aromatic carbocycles. The Morgan fingerprint density at radius 2 is 1.92 bits per heavy atom. The van der Waals surface area contributed by atoms with E-state index in [0.29, 0.717) is 19.6 Å². The number of amidine groups is 1. The highest BCUT2D eigenvalue weighted by Gasteiger charge is 2.40. The maximum Gasteiger partial charge on any atom is 0.416 e. The Morgan fingerprint density at radius 1 is 1.19 bits per heavy atom. The monoisotopic (exact) mass is 512 g/mol. The molecule has 196 valence electrons. The third kappa shape index (κ3) is 6.79. The number of rotatable bonds is 5. The van der Waals surface area contributed by atoms with Crippen molar-refractivity contribution in [1.29, 1.82) is 0 Å². The quantitative estimate of drug-likeness (QED) is 0.360. The van der Waals surface area contributed by atoms with E-state index < -0.39 is 24.2 Å². The number of aliphatic imine (C=N–C) groups is 2. The number of piperidine rings is 1. The number of halogens is 5. The second-order valence-corrected chi connectivity index (χ2v) is 9.46. The molecule has 36 heavy (non-hydrogen) atoms. The molecule has 1 aromatic rings. The van der Waals surface area contributed by atoms with Gasteiger partial charge in [0, 0.05) is 44.7 Å². The van der Waals surface area contributed by atoms with Gasteiger partial charge in [0.25, 0.3) is 5.92 Å². The Hall–Kier alpha value is -3.05. The third-order valence-electron chi connectivity index (χ3n) is 6.55. The lowest BCUT2D eigenvalue weighted by molar-refractivity contribution is -0.137. The summed E-state index contributed by atoms with van der Waals surface area (Å²) in [6, 6.07) is 1.68. The van der Waals surface area contributed by atoms with Gasteiger partial charge in [0.2, 0.25) is 11.9 Å². The molecule has 0 unspecified atom stereocenters. The maximum atomic E-state index is 13.9. The van der Waals surface area contributed by atoms with Crippen molar-refractivity contribution in [2.75, 3.05) is 38.0 Å². The van der Waals surface area contributed by atoms with Gasteiger partial charge in [0.15, 0.2) is 0 Å². The number of anilines is 1.